The zero-order chi connectivity index (χ0) is 14.1. The molecule has 2 atom stereocenters. The molecule has 0 bridgehead atoms. The van der Waals surface area contributed by atoms with Gasteiger partial charge >= 0.3 is 0 Å². The first kappa shape index (κ1) is 13.7. The van der Waals surface area contributed by atoms with Crippen LogP contribution in [-0.4, -0.2) is 6.61 Å². The first-order valence-electron chi connectivity index (χ1n) is 6.56. The second-order valence-corrected chi connectivity index (χ2v) is 5.90. The summed E-state index contributed by atoms with van der Waals surface area (Å²) in [5.41, 5.74) is 8.56. The average molecular weight is 308 g/mol. The zero-order valence-corrected chi connectivity index (χ0v) is 12.4. The van der Waals surface area contributed by atoms with Gasteiger partial charge in [-0.2, -0.15) is 0 Å². The molecule has 0 radical (unpaired) electrons. The van der Waals surface area contributed by atoms with E-state index in [-0.39, 0.29) is 12.0 Å². The Kier molecular flexibility index (Phi) is 3.88. The fraction of sp³-hybridized carbons (Fsp3) is 0.250. The molecule has 2 aromatic rings. The van der Waals surface area contributed by atoms with Crippen molar-refractivity contribution < 1.29 is 4.74 Å². The monoisotopic (exact) mass is 307 g/mol. The van der Waals surface area contributed by atoms with Crippen molar-refractivity contribution in [3.63, 3.8) is 0 Å². The molecular weight excluding hydrogens is 293 g/mol. The molecule has 0 fully saturated rings. The number of fused-ring (bicyclic) bond motifs is 1. The number of halogens is 2. The Morgan fingerprint density at radius 3 is 2.70 bits per heavy atom. The van der Waals surface area contributed by atoms with Crippen LogP contribution in [0.2, 0.25) is 10.0 Å². The van der Waals surface area contributed by atoms with Crippen molar-refractivity contribution in [2.45, 2.75) is 12.5 Å². The molecule has 1 aliphatic rings. The number of para-hydroxylation sites is 1. The van der Waals surface area contributed by atoms with Crippen LogP contribution >= 0.6 is 23.2 Å². The summed E-state index contributed by atoms with van der Waals surface area (Å²) in [5.74, 6) is 1.20. The van der Waals surface area contributed by atoms with Crippen LogP contribution in [0.5, 0.6) is 5.75 Å². The van der Waals surface area contributed by atoms with Crippen LogP contribution < -0.4 is 10.5 Å². The van der Waals surface area contributed by atoms with Crippen LogP contribution in [0.1, 0.15) is 17.2 Å². The minimum Gasteiger partial charge on any atom is -0.493 e. The molecule has 4 heteroatoms. The normalized spacial score (nSPS) is 19.1. The molecule has 0 aromatic heterocycles. The number of ether oxygens (including phenoxy) is 1. The van der Waals surface area contributed by atoms with Gasteiger partial charge in [0.15, 0.2) is 0 Å². The van der Waals surface area contributed by atoms with E-state index >= 15 is 0 Å². The smallest absolute Gasteiger partial charge is 0.122 e. The van der Waals surface area contributed by atoms with E-state index in [2.05, 4.69) is 6.07 Å². The Balaban J connectivity index is 1.82. The van der Waals surface area contributed by atoms with Gasteiger partial charge in [-0.05, 0) is 35.7 Å². The van der Waals surface area contributed by atoms with Crippen molar-refractivity contribution in [2.24, 2.45) is 11.7 Å². The van der Waals surface area contributed by atoms with Crippen LogP contribution in [0.15, 0.2) is 42.5 Å². The van der Waals surface area contributed by atoms with E-state index in [1.54, 1.807) is 6.07 Å². The molecule has 0 amide bonds. The first-order chi connectivity index (χ1) is 9.65. The lowest BCUT2D eigenvalue weighted by Gasteiger charge is -2.29. The first-order valence-corrected chi connectivity index (χ1v) is 7.32. The number of benzene rings is 2. The molecule has 3 rings (SSSR count). The number of hydrogen-bond acceptors (Lipinski definition) is 2. The fourth-order valence-electron chi connectivity index (χ4n) is 2.57. The van der Waals surface area contributed by atoms with Crippen LogP contribution in [0.25, 0.3) is 0 Å². The molecule has 2 aromatic carbocycles. The van der Waals surface area contributed by atoms with E-state index in [0.717, 1.165) is 17.7 Å². The van der Waals surface area contributed by atoms with E-state index < -0.39 is 0 Å². The summed E-state index contributed by atoms with van der Waals surface area (Å²) < 4.78 is 5.79. The SMILES string of the molecule is NC(c1ccc(Cl)c(Cl)c1)C1COc2ccccc2C1. The van der Waals surface area contributed by atoms with Gasteiger partial charge in [0.25, 0.3) is 0 Å². The molecule has 0 aliphatic carbocycles. The van der Waals surface area contributed by atoms with Gasteiger partial charge in [0.2, 0.25) is 0 Å². The van der Waals surface area contributed by atoms with Gasteiger partial charge in [-0.25, -0.2) is 0 Å². The minimum absolute atomic E-state index is 0.113. The van der Waals surface area contributed by atoms with Gasteiger partial charge in [-0.15, -0.1) is 0 Å². The highest BCUT2D eigenvalue weighted by atomic mass is 35.5. The lowest BCUT2D eigenvalue weighted by atomic mass is 9.87. The van der Waals surface area contributed by atoms with Gasteiger partial charge in [0, 0.05) is 12.0 Å². The molecule has 1 heterocycles. The second kappa shape index (κ2) is 5.65. The average Bonchev–Trinajstić information content (AvgIpc) is 2.49. The Bertz CT molecular complexity index is 630. The lowest BCUT2D eigenvalue weighted by Crippen LogP contribution is -2.31. The predicted octanol–water partition coefficient (Wildman–Crippen LogP) is 4.24. The quantitative estimate of drug-likeness (QED) is 0.900. The number of hydrogen-bond donors (Lipinski definition) is 1. The van der Waals surface area contributed by atoms with E-state index in [1.165, 1.54) is 5.56 Å². The summed E-state index contributed by atoms with van der Waals surface area (Å²) in [6.07, 6.45) is 0.914. The van der Waals surface area contributed by atoms with Crippen molar-refractivity contribution >= 4 is 23.2 Å². The van der Waals surface area contributed by atoms with E-state index in [1.807, 2.05) is 30.3 Å². The standard InChI is InChI=1S/C16H15Cl2NO/c17-13-6-5-11(8-14(13)18)16(19)12-7-10-3-1-2-4-15(10)20-9-12/h1-6,8,12,16H,7,9,19H2. The van der Waals surface area contributed by atoms with Gasteiger partial charge in [0.1, 0.15) is 5.75 Å². The second-order valence-electron chi connectivity index (χ2n) is 5.08. The van der Waals surface area contributed by atoms with Crippen LogP contribution in [0.4, 0.5) is 0 Å². The van der Waals surface area contributed by atoms with Crippen LogP contribution in [-0.2, 0) is 6.42 Å². The fourth-order valence-corrected chi connectivity index (χ4v) is 2.88. The number of nitrogens with two attached hydrogens (primary N) is 1. The summed E-state index contributed by atoms with van der Waals surface area (Å²) in [7, 11) is 0. The van der Waals surface area contributed by atoms with Crippen molar-refractivity contribution in [3.05, 3.63) is 63.6 Å². The number of rotatable bonds is 2. The van der Waals surface area contributed by atoms with E-state index in [0.29, 0.717) is 16.7 Å². The van der Waals surface area contributed by atoms with Gasteiger partial charge < -0.3 is 10.5 Å². The molecule has 1 aliphatic heterocycles. The van der Waals surface area contributed by atoms with Crippen molar-refractivity contribution in [3.8, 4) is 5.75 Å². The van der Waals surface area contributed by atoms with Gasteiger partial charge in [0.05, 0.1) is 16.7 Å². The van der Waals surface area contributed by atoms with Crippen molar-refractivity contribution in [2.75, 3.05) is 6.61 Å². The third kappa shape index (κ3) is 2.64. The summed E-state index contributed by atoms with van der Waals surface area (Å²) in [5, 5.41) is 1.09. The molecule has 104 valence electrons. The molecule has 0 saturated heterocycles. The maximum Gasteiger partial charge on any atom is 0.122 e. The van der Waals surface area contributed by atoms with Gasteiger partial charge in [-0.1, -0.05) is 47.5 Å². The summed E-state index contributed by atoms with van der Waals surface area (Å²) in [6, 6.07) is 13.5. The third-order valence-corrected chi connectivity index (χ3v) is 4.48. The summed E-state index contributed by atoms with van der Waals surface area (Å²) >= 11 is 12.0. The van der Waals surface area contributed by atoms with Crippen molar-refractivity contribution in [1.82, 2.24) is 0 Å². The Morgan fingerprint density at radius 2 is 1.90 bits per heavy atom. The van der Waals surface area contributed by atoms with Gasteiger partial charge in [-0.3, -0.25) is 0 Å². The highest BCUT2D eigenvalue weighted by Crippen LogP contribution is 2.34. The molecule has 0 saturated carbocycles. The molecular formula is C16H15Cl2NO. The highest BCUT2D eigenvalue weighted by Gasteiger charge is 2.26. The van der Waals surface area contributed by atoms with Crippen LogP contribution in [0.3, 0.4) is 0 Å². The minimum atomic E-state index is -0.113. The summed E-state index contributed by atoms with van der Waals surface area (Å²) in [6.45, 7) is 0.623. The zero-order valence-electron chi connectivity index (χ0n) is 10.9. The van der Waals surface area contributed by atoms with E-state index in [9.17, 15) is 0 Å². The maximum atomic E-state index is 6.36. The predicted molar refractivity (Wildman–Crippen MR) is 82.5 cm³/mol. The Labute approximate surface area is 128 Å². The highest BCUT2D eigenvalue weighted by molar-refractivity contribution is 6.42. The molecule has 0 spiro atoms. The van der Waals surface area contributed by atoms with Crippen LogP contribution in [0, 0.1) is 5.92 Å². The molecule has 2 nitrogen and oxygen atoms in total. The third-order valence-electron chi connectivity index (χ3n) is 3.74. The molecule has 2 N–H and O–H groups in total. The van der Waals surface area contributed by atoms with E-state index in [4.69, 9.17) is 33.7 Å². The molecule has 20 heavy (non-hydrogen) atoms. The Hall–Kier alpha value is -1.22. The lowest BCUT2D eigenvalue weighted by molar-refractivity contribution is 0.200. The van der Waals surface area contributed by atoms with Crippen molar-refractivity contribution in [1.29, 1.82) is 0 Å². The Morgan fingerprint density at radius 1 is 1.10 bits per heavy atom. The largest absolute Gasteiger partial charge is 0.493 e. The maximum absolute atomic E-state index is 6.36. The summed E-state index contributed by atoms with van der Waals surface area (Å²) in [4.78, 5) is 0. The topological polar surface area (TPSA) is 35.2 Å². The molecule has 2 unspecified atom stereocenters.